The molecule has 0 radical (unpaired) electrons. The van der Waals surface area contributed by atoms with Gasteiger partial charge in [-0.1, -0.05) is 48.6 Å². The molecule has 18 heavy (non-hydrogen) atoms. The van der Waals surface area contributed by atoms with Gasteiger partial charge in [-0.3, -0.25) is 0 Å². The molecule has 0 heterocycles. The summed E-state index contributed by atoms with van der Waals surface area (Å²) in [6, 6.07) is 10.4. The molecule has 0 spiro atoms. The molecular formula is C15H22O2Si. The molecule has 2 atom stereocenters. The second kappa shape index (κ2) is 6.74. The third-order valence-corrected chi connectivity index (χ3v) is 7.22. The van der Waals surface area contributed by atoms with E-state index in [0.717, 1.165) is 0 Å². The van der Waals surface area contributed by atoms with Crippen molar-refractivity contribution in [2.24, 2.45) is 0 Å². The normalized spacial score (nSPS) is 14.5. The van der Waals surface area contributed by atoms with E-state index in [0.29, 0.717) is 6.61 Å². The number of aliphatic hydroxyl groups is 1. The Morgan fingerprint density at radius 3 is 2.39 bits per heavy atom. The van der Waals surface area contributed by atoms with Crippen LogP contribution < -0.4 is 5.19 Å². The van der Waals surface area contributed by atoms with Gasteiger partial charge in [-0.2, -0.15) is 0 Å². The molecule has 0 saturated heterocycles. The zero-order chi connectivity index (χ0) is 13.6. The van der Waals surface area contributed by atoms with Crippen LogP contribution in [0.2, 0.25) is 18.6 Å². The van der Waals surface area contributed by atoms with Gasteiger partial charge in [0.2, 0.25) is 0 Å². The molecule has 0 saturated carbocycles. The molecule has 0 aliphatic carbocycles. The fourth-order valence-corrected chi connectivity index (χ4v) is 5.20. The van der Waals surface area contributed by atoms with Gasteiger partial charge in [-0.15, -0.1) is 11.8 Å². The van der Waals surface area contributed by atoms with Crippen molar-refractivity contribution in [3.05, 3.63) is 30.3 Å². The topological polar surface area (TPSA) is 29.5 Å². The summed E-state index contributed by atoms with van der Waals surface area (Å²) in [5.41, 5.74) is -0.00940. The van der Waals surface area contributed by atoms with Gasteiger partial charge < -0.3 is 9.84 Å². The van der Waals surface area contributed by atoms with E-state index in [2.05, 4.69) is 37.1 Å². The summed E-state index contributed by atoms with van der Waals surface area (Å²) in [5.74, 6) is 6.14. The van der Waals surface area contributed by atoms with E-state index in [4.69, 9.17) is 4.74 Å². The number of hydrogen-bond donors (Lipinski definition) is 1. The number of hydrogen-bond acceptors (Lipinski definition) is 2. The first kappa shape index (κ1) is 15.0. The van der Waals surface area contributed by atoms with Crippen molar-refractivity contribution in [3.63, 3.8) is 0 Å². The Morgan fingerprint density at radius 2 is 1.89 bits per heavy atom. The molecule has 1 N–H and O–H groups in total. The molecule has 0 aliphatic rings. The minimum Gasteiger partial charge on any atom is -0.390 e. The van der Waals surface area contributed by atoms with Gasteiger partial charge in [-0.25, -0.2) is 0 Å². The van der Waals surface area contributed by atoms with Crippen molar-refractivity contribution in [2.45, 2.75) is 31.7 Å². The Kier molecular flexibility index (Phi) is 5.61. The largest absolute Gasteiger partial charge is 0.390 e. The van der Waals surface area contributed by atoms with Crippen LogP contribution in [0.1, 0.15) is 6.92 Å². The van der Waals surface area contributed by atoms with E-state index >= 15 is 0 Å². The molecule has 1 rings (SSSR count). The molecule has 0 fully saturated rings. The smallest absolute Gasteiger partial charge is 0.0996 e. The highest BCUT2D eigenvalue weighted by Gasteiger charge is 2.37. The van der Waals surface area contributed by atoms with Gasteiger partial charge in [-0.05, 0) is 6.92 Å². The van der Waals surface area contributed by atoms with Gasteiger partial charge in [0, 0.05) is 12.7 Å². The quantitative estimate of drug-likeness (QED) is 0.650. The molecule has 1 aromatic rings. The number of methoxy groups -OCH3 is 1. The second-order valence-corrected chi connectivity index (χ2v) is 9.63. The maximum atomic E-state index is 10.2. The third kappa shape index (κ3) is 3.46. The third-order valence-electron chi connectivity index (χ3n) is 3.32. The number of ether oxygens (including phenoxy) is 1. The minimum atomic E-state index is -1.83. The Labute approximate surface area is 111 Å². The summed E-state index contributed by atoms with van der Waals surface area (Å²) < 4.78 is 5.07. The van der Waals surface area contributed by atoms with Gasteiger partial charge in [0.25, 0.3) is 0 Å². The highest BCUT2D eigenvalue weighted by molar-refractivity contribution is 6.91. The van der Waals surface area contributed by atoms with Crippen molar-refractivity contribution < 1.29 is 9.84 Å². The van der Waals surface area contributed by atoms with Gasteiger partial charge in [0.1, 0.15) is 0 Å². The number of rotatable bonds is 5. The minimum absolute atomic E-state index is 0.00940. The van der Waals surface area contributed by atoms with E-state index in [9.17, 15) is 5.11 Å². The predicted octanol–water partition coefficient (Wildman–Crippen LogP) is 2.00. The van der Waals surface area contributed by atoms with Crippen LogP contribution in [0.4, 0.5) is 0 Å². The molecule has 0 unspecified atom stereocenters. The first-order valence-corrected chi connectivity index (χ1v) is 9.26. The molecular weight excluding hydrogens is 240 g/mol. The van der Waals surface area contributed by atoms with Crippen molar-refractivity contribution in [2.75, 3.05) is 13.7 Å². The maximum Gasteiger partial charge on any atom is 0.0996 e. The summed E-state index contributed by atoms with van der Waals surface area (Å²) in [4.78, 5) is 0. The SMILES string of the molecule is CC#C[C@@H]([C@@H](O)COC)[Si](C)(C)c1ccccc1. The van der Waals surface area contributed by atoms with Crippen LogP contribution in [0.25, 0.3) is 0 Å². The van der Waals surface area contributed by atoms with E-state index in [1.807, 2.05) is 25.1 Å². The average molecular weight is 262 g/mol. The Hall–Kier alpha value is -1.08. The van der Waals surface area contributed by atoms with Gasteiger partial charge in [0.15, 0.2) is 0 Å². The molecule has 1 aromatic carbocycles. The maximum absolute atomic E-state index is 10.2. The summed E-state index contributed by atoms with van der Waals surface area (Å²) in [6.07, 6.45) is -0.524. The van der Waals surface area contributed by atoms with Crippen molar-refractivity contribution in [3.8, 4) is 11.8 Å². The van der Waals surface area contributed by atoms with E-state index in [1.165, 1.54) is 5.19 Å². The van der Waals surface area contributed by atoms with E-state index in [1.54, 1.807) is 7.11 Å². The zero-order valence-electron chi connectivity index (χ0n) is 11.6. The average Bonchev–Trinajstić information content (AvgIpc) is 2.37. The first-order valence-electron chi connectivity index (χ1n) is 6.18. The van der Waals surface area contributed by atoms with Crippen LogP contribution in [0.5, 0.6) is 0 Å². The lowest BCUT2D eigenvalue weighted by molar-refractivity contribution is 0.0671. The Balaban J connectivity index is 3.06. The lowest BCUT2D eigenvalue weighted by atomic mass is 10.2. The van der Waals surface area contributed by atoms with Crippen LogP contribution in [-0.2, 0) is 4.74 Å². The fourth-order valence-electron chi connectivity index (χ4n) is 2.23. The fraction of sp³-hybridized carbons (Fsp3) is 0.467. The second-order valence-electron chi connectivity index (χ2n) is 4.98. The van der Waals surface area contributed by atoms with Gasteiger partial charge >= 0.3 is 0 Å². The van der Waals surface area contributed by atoms with Crippen LogP contribution in [0.3, 0.4) is 0 Å². The van der Waals surface area contributed by atoms with Gasteiger partial charge in [0.05, 0.1) is 20.8 Å². The first-order chi connectivity index (χ1) is 8.54. The predicted molar refractivity (Wildman–Crippen MR) is 78.6 cm³/mol. The number of benzene rings is 1. The van der Waals surface area contributed by atoms with Crippen molar-refractivity contribution in [1.82, 2.24) is 0 Å². The molecule has 0 aromatic heterocycles. The zero-order valence-corrected chi connectivity index (χ0v) is 12.6. The van der Waals surface area contributed by atoms with Crippen molar-refractivity contribution in [1.29, 1.82) is 0 Å². The van der Waals surface area contributed by atoms with Crippen LogP contribution in [-0.4, -0.2) is 33.0 Å². The highest BCUT2D eigenvalue weighted by Crippen LogP contribution is 2.25. The van der Waals surface area contributed by atoms with Crippen molar-refractivity contribution >= 4 is 13.3 Å². The standard InChI is InChI=1S/C15H22O2Si/c1-5-9-15(14(16)12-17-2)18(3,4)13-10-7-6-8-11-13/h6-8,10-11,14-16H,12H2,1-4H3/t14-,15-/m0/s1. The molecule has 0 amide bonds. The van der Waals surface area contributed by atoms with Crippen LogP contribution in [0.15, 0.2) is 30.3 Å². The number of aliphatic hydroxyl groups excluding tert-OH is 1. The van der Waals surface area contributed by atoms with E-state index in [-0.39, 0.29) is 5.54 Å². The lowest BCUT2D eigenvalue weighted by Gasteiger charge is -2.32. The molecule has 0 aliphatic heterocycles. The summed E-state index contributed by atoms with van der Waals surface area (Å²) in [7, 11) is -0.226. The monoisotopic (exact) mass is 262 g/mol. The van der Waals surface area contributed by atoms with Crippen LogP contribution >= 0.6 is 0 Å². The Bertz CT molecular complexity index is 417. The van der Waals surface area contributed by atoms with Crippen LogP contribution in [0, 0.1) is 11.8 Å². The molecule has 2 nitrogen and oxygen atoms in total. The molecule has 3 heteroatoms. The molecule has 98 valence electrons. The summed E-state index contributed by atoms with van der Waals surface area (Å²) >= 11 is 0. The molecule has 0 bridgehead atoms. The summed E-state index contributed by atoms with van der Waals surface area (Å²) in [6.45, 7) is 6.65. The summed E-state index contributed by atoms with van der Waals surface area (Å²) in [5, 5.41) is 11.6. The Morgan fingerprint density at radius 1 is 1.28 bits per heavy atom. The highest BCUT2D eigenvalue weighted by atomic mass is 28.3. The lowest BCUT2D eigenvalue weighted by Crippen LogP contribution is -2.50. The van der Waals surface area contributed by atoms with E-state index < -0.39 is 14.2 Å².